The maximum atomic E-state index is 11.2. The number of fused-ring (bicyclic) bond motifs is 1. The maximum Gasteiger partial charge on any atom is 0.407 e. The highest BCUT2D eigenvalue weighted by Crippen LogP contribution is 2.37. The molecule has 9 heteroatoms. The van der Waals surface area contributed by atoms with E-state index < -0.39 is 6.09 Å². The number of halogens is 2. The van der Waals surface area contributed by atoms with E-state index in [4.69, 9.17) is 16.6 Å². The van der Waals surface area contributed by atoms with Gasteiger partial charge in [0.05, 0.1) is 10.2 Å². The van der Waals surface area contributed by atoms with Gasteiger partial charge in [-0.05, 0) is 34.1 Å². The highest BCUT2D eigenvalue weighted by molar-refractivity contribution is 9.10. The number of carboxylic acid groups (broad SMARTS) is 1. The number of rotatable bonds is 2. The van der Waals surface area contributed by atoms with Crippen molar-refractivity contribution in [2.45, 2.75) is 0 Å². The fourth-order valence-corrected chi connectivity index (χ4v) is 4.01. The summed E-state index contributed by atoms with van der Waals surface area (Å²) in [7, 11) is 0. The van der Waals surface area contributed by atoms with E-state index in [1.807, 2.05) is 12.1 Å². The van der Waals surface area contributed by atoms with Gasteiger partial charge in [0.1, 0.15) is 11.0 Å². The molecule has 0 aromatic carbocycles. The van der Waals surface area contributed by atoms with Crippen molar-refractivity contribution < 1.29 is 9.90 Å². The zero-order valence-corrected chi connectivity index (χ0v) is 16.5. The quantitative estimate of drug-likeness (QED) is 0.599. The van der Waals surface area contributed by atoms with Crippen LogP contribution in [0.5, 0.6) is 0 Å². The van der Waals surface area contributed by atoms with Gasteiger partial charge >= 0.3 is 6.09 Å². The van der Waals surface area contributed by atoms with Gasteiger partial charge in [0.2, 0.25) is 0 Å². The SMILES string of the molecule is O=C(O)N1CCN(c2nc(-c3ccnc(Cl)c3)c(Br)c3cnccc23)CC1. The smallest absolute Gasteiger partial charge is 0.407 e. The molecule has 3 aromatic heterocycles. The van der Waals surface area contributed by atoms with Gasteiger partial charge in [0, 0.05) is 61.1 Å². The van der Waals surface area contributed by atoms with E-state index in [1.54, 1.807) is 24.7 Å². The molecule has 1 aliphatic rings. The largest absolute Gasteiger partial charge is 0.465 e. The Balaban J connectivity index is 1.83. The van der Waals surface area contributed by atoms with Crippen LogP contribution < -0.4 is 4.90 Å². The average Bonchev–Trinajstić information content (AvgIpc) is 2.68. The Kier molecular flexibility index (Phi) is 4.84. The minimum absolute atomic E-state index is 0.393. The van der Waals surface area contributed by atoms with Crippen molar-refractivity contribution in [3.8, 4) is 11.3 Å². The summed E-state index contributed by atoms with van der Waals surface area (Å²) in [5, 5.41) is 11.5. The van der Waals surface area contributed by atoms with Crippen molar-refractivity contribution in [3.05, 3.63) is 46.4 Å². The molecule has 0 aliphatic carbocycles. The predicted octanol–water partition coefficient (Wildman–Crippen LogP) is 3.91. The maximum absolute atomic E-state index is 11.2. The Labute approximate surface area is 168 Å². The van der Waals surface area contributed by atoms with Gasteiger partial charge in [-0.2, -0.15) is 0 Å². The van der Waals surface area contributed by atoms with E-state index in [1.165, 1.54) is 4.90 Å². The number of hydrogen-bond donors (Lipinski definition) is 1. The van der Waals surface area contributed by atoms with Crippen molar-refractivity contribution >= 4 is 50.2 Å². The minimum Gasteiger partial charge on any atom is -0.465 e. The summed E-state index contributed by atoms with van der Waals surface area (Å²) < 4.78 is 0.834. The molecule has 138 valence electrons. The Morgan fingerprint density at radius 1 is 1.15 bits per heavy atom. The van der Waals surface area contributed by atoms with Crippen LogP contribution in [0.4, 0.5) is 10.6 Å². The number of anilines is 1. The molecule has 1 N–H and O–H groups in total. The van der Waals surface area contributed by atoms with Crippen LogP contribution in [0.1, 0.15) is 0 Å². The van der Waals surface area contributed by atoms with Crippen molar-refractivity contribution in [3.63, 3.8) is 0 Å². The third kappa shape index (κ3) is 3.42. The third-order valence-electron chi connectivity index (χ3n) is 4.57. The van der Waals surface area contributed by atoms with Crippen LogP contribution in [-0.2, 0) is 0 Å². The Hall–Kier alpha value is -2.45. The minimum atomic E-state index is -0.889. The summed E-state index contributed by atoms with van der Waals surface area (Å²) in [5.41, 5.74) is 1.59. The summed E-state index contributed by atoms with van der Waals surface area (Å²) in [6.07, 6.45) is 4.28. The lowest BCUT2D eigenvalue weighted by Gasteiger charge is -2.34. The van der Waals surface area contributed by atoms with Crippen molar-refractivity contribution in [1.82, 2.24) is 19.9 Å². The fraction of sp³-hybridized carbons (Fsp3) is 0.222. The van der Waals surface area contributed by atoms with Gasteiger partial charge in [-0.1, -0.05) is 11.6 Å². The molecule has 3 aromatic rings. The third-order valence-corrected chi connectivity index (χ3v) is 5.58. The summed E-state index contributed by atoms with van der Waals surface area (Å²) in [4.78, 5) is 27.9. The second-order valence-corrected chi connectivity index (χ2v) is 7.32. The normalized spacial score (nSPS) is 14.6. The van der Waals surface area contributed by atoms with Crippen LogP contribution in [0.3, 0.4) is 0 Å². The molecule has 1 fully saturated rings. The number of aromatic nitrogens is 3. The second-order valence-electron chi connectivity index (χ2n) is 6.14. The summed E-state index contributed by atoms with van der Waals surface area (Å²) in [6, 6.07) is 5.55. The van der Waals surface area contributed by atoms with E-state index in [-0.39, 0.29) is 0 Å². The van der Waals surface area contributed by atoms with Crippen LogP contribution in [0, 0.1) is 0 Å². The summed E-state index contributed by atoms with van der Waals surface area (Å²) in [5.74, 6) is 0.809. The fourth-order valence-electron chi connectivity index (χ4n) is 3.20. The standard InChI is InChI=1S/C18H15BrClN5O2/c19-15-13-10-21-3-2-12(13)17(24-5-7-25(8-6-24)18(26)27)23-16(15)11-1-4-22-14(20)9-11/h1-4,9-10H,5-8H2,(H,26,27). The van der Waals surface area contributed by atoms with Crippen molar-refractivity contribution in [2.75, 3.05) is 31.1 Å². The lowest BCUT2D eigenvalue weighted by molar-refractivity contribution is 0.142. The topological polar surface area (TPSA) is 82.5 Å². The van der Waals surface area contributed by atoms with E-state index in [9.17, 15) is 9.90 Å². The molecule has 1 saturated heterocycles. The van der Waals surface area contributed by atoms with Crippen LogP contribution >= 0.6 is 27.5 Å². The Bertz CT molecular complexity index is 1020. The molecule has 0 atom stereocenters. The van der Waals surface area contributed by atoms with Gasteiger partial charge in [-0.3, -0.25) is 4.98 Å². The lowest BCUT2D eigenvalue weighted by Crippen LogP contribution is -2.48. The molecule has 0 saturated carbocycles. The monoisotopic (exact) mass is 447 g/mol. The second kappa shape index (κ2) is 7.28. The number of piperazine rings is 1. The van der Waals surface area contributed by atoms with Crippen LogP contribution in [0.25, 0.3) is 22.0 Å². The van der Waals surface area contributed by atoms with E-state index in [0.717, 1.165) is 32.3 Å². The predicted molar refractivity (Wildman–Crippen MR) is 107 cm³/mol. The molecule has 0 bridgehead atoms. The first-order valence-electron chi connectivity index (χ1n) is 8.32. The van der Waals surface area contributed by atoms with Crippen molar-refractivity contribution in [1.29, 1.82) is 0 Å². The summed E-state index contributed by atoms with van der Waals surface area (Å²) >= 11 is 9.72. The molecular weight excluding hydrogens is 434 g/mol. The van der Waals surface area contributed by atoms with Gasteiger partial charge in [-0.25, -0.2) is 14.8 Å². The van der Waals surface area contributed by atoms with Gasteiger partial charge < -0.3 is 14.9 Å². The molecule has 1 amide bonds. The molecule has 7 nitrogen and oxygen atoms in total. The van der Waals surface area contributed by atoms with E-state index in [2.05, 4.69) is 30.8 Å². The highest BCUT2D eigenvalue weighted by Gasteiger charge is 2.24. The molecule has 4 rings (SSSR count). The number of hydrogen-bond acceptors (Lipinski definition) is 5. The number of pyridine rings is 3. The summed E-state index contributed by atoms with van der Waals surface area (Å²) in [6.45, 7) is 2.04. The number of carbonyl (C=O) groups is 1. The zero-order chi connectivity index (χ0) is 19.0. The van der Waals surface area contributed by atoms with E-state index in [0.29, 0.717) is 31.3 Å². The van der Waals surface area contributed by atoms with E-state index >= 15 is 0 Å². The molecule has 0 spiro atoms. The average molecular weight is 449 g/mol. The molecule has 4 heterocycles. The Morgan fingerprint density at radius 3 is 2.63 bits per heavy atom. The van der Waals surface area contributed by atoms with Crippen LogP contribution in [-0.4, -0.2) is 57.2 Å². The molecular formula is C18H15BrClN5O2. The molecule has 1 aliphatic heterocycles. The first kappa shape index (κ1) is 17.9. The lowest BCUT2D eigenvalue weighted by atomic mass is 10.1. The van der Waals surface area contributed by atoms with Crippen LogP contribution in [0.2, 0.25) is 5.15 Å². The molecule has 0 unspecified atom stereocenters. The molecule has 0 radical (unpaired) electrons. The zero-order valence-electron chi connectivity index (χ0n) is 14.1. The first-order chi connectivity index (χ1) is 13.0. The van der Waals surface area contributed by atoms with Gasteiger partial charge in [0.15, 0.2) is 0 Å². The molecule has 27 heavy (non-hydrogen) atoms. The number of nitrogens with zero attached hydrogens (tertiary/aromatic N) is 5. The Morgan fingerprint density at radius 2 is 1.93 bits per heavy atom. The van der Waals surface area contributed by atoms with Crippen LogP contribution in [0.15, 0.2) is 41.3 Å². The highest BCUT2D eigenvalue weighted by atomic mass is 79.9. The van der Waals surface area contributed by atoms with Gasteiger partial charge in [0.25, 0.3) is 0 Å². The van der Waals surface area contributed by atoms with Crippen molar-refractivity contribution in [2.24, 2.45) is 0 Å². The van der Waals surface area contributed by atoms with Gasteiger partial charge in [-0.15, -0.1) is 0 Å². The first-order valence-corrected chi connectivity index (χ1v) is 9.49. The number of amides is 1.